The van der Waals surface area contributed by atoms with Crippen molar-refractivity contribution in [2.24, 2.45) is 0 Å². The zero-order chi connectivity index (χ0) is 9.10. The molecular formula is C11H16O2. The van der Waals surface area contributed by atoms with Crippen LogP contribution in [0.25, 0.3) is 0 Å². The fraction of sp³-hybridized carbons (Fsp3) is 0.636. The van der Waals surface area contributed by atoms with Gasteiger partial charge in [0, 0.05) is 5.92 Å². The third-order valence-electron chi connectivity index (χ3n) is 2.89. The largest absolute Gasteiger partial charge is 0.469 e. The first-order valence-electron chi connectivity index (χ1n) is 5.09. The van der Waals surface area contributed by atoms with Crippen molar-refractivity contribution in [2.75, 3.05) is 0 Å². The van der Waals surface area contributed by atoms with Crippen LogP contribution in [-0.4, -0.2) is 11.2 Å². The molecule has 1 aliphatic rings. The molecule has 0 bridgehead atoms. The van der Waals surface area contributed by atoms with Gasteiger partial charge in [-0.25, -0.2) is 0 Å². The van der Waals surface area contributed by atoms with Gasteiger partial charge in [0.15, 0.2) is 0 Å². The lowest BCUT2D eigenvalue weighted by Crippen LogP contribution is -2.16. The Labute approximate surface area is 78.6 Å². The molecule has 72 valence electrons. The summed E-state index contributed by atoms with van der Waals surface area (Å²) < 4.78 is 5.34. The fourth-order valence-electron chi connectivity index (χ4n) is 2.12. The molecule has 0 unspecified atom stereocenters. The molecule has 2 heteroatoms. The SMILES string of the molecule is O[C@@H]1CCCCC[C@H]1c1ccco1. The van der Waals surface area contributed by atoms with Gasteiger partial charge in [0.05, 0.1) is 12.4 Å². The lowest BCUT2D eigenvalue weighted by molar-refractivity contribution is 0.125. The van der Waals surface area contributed by atoms with Crippen molar-refractivity contribution in [1.82, 2.24) is 0 Å². The van der Waals surface area contributed by atoms with Gasteiger partial charge in [0.1, 0.15) is 5.76 Å². The van der Waals surface area contributed by atoms with Crippen LogP contribution in [-0.2, 0) is 0 Å². The molecule has 1 N–H and O–H groups in total. The van der Waals surface area contributed by atoms with E-state index >= 15 is 0 Å². The van der Waals surface area contributed by atoms with E-state index in [-0.39, 0.29) is 12.0 Å². The lowest BCUT2D eigenvalue weighted by atomic mass is 9.95. The first kappa shape index (κ1) is 8.82. The van der Waals surface area contributed by atoms with Crippen LogP contribution in [0.1, 0.15) is 43.8 Å². The quantitative estimate of drug-likeness (QED) is 0.674. The van der Waals surface area contributed by atoms with Crippen LogP contribution in [0.15, 0.2) is 22.8 Å². The van der Waals surface area contributed by atoms with Gasteiger partial charge in [-0.2, -0.15) is 0 Å². The second-order valence-electron chi connectivity index (χ2n) is 3.83. The molecule has 1 saturated carbocycles. The summed E-state index contributed by atoms with van der Waals surface area (Å²) in [5.41, 5.74) is 0. The van der Waals surface area contributed by atoms with Crippen LogP contribution in [0.5, 0.6) is 0 Å². The summed E-state index contributed by atoms with van der Waals surface area (Å²) in [7, 11) is 0. The van der Waals surface area contributed by atoms with Gasteiger partial charge >= 0.3 is 0 Å². The van der Waals surface area contributed by atoms with Gasteiger partial charge in [-0.3, -0.25) is 0 Å². The first-order chi connectivity index (χ1) is 6.38. The lowest BCUT2D eigenvalue weighted by Gasteiger charge is -2.17. The highest BCUT2D eigenvalue weighted by Gasteiger charge is 2.24. The van der Waals surface area contributed by atoms with Crippen molar-refractivity contribution in [3.05, 3.63) is 24.2 Å². The predicted molar refractivity (Wildman–Crippen MR) is 50.5 cm³/mol. The molecule has 13 heavy (non-hydrogen) atoms. The molecule has 0 spiro atoms. The molecule has 0 aromatic carbocycles. The number of furan rings is 1. The van der Waals surface area contributed by atoms with Crippen molar-refractivity contribution in [3.8, 4) is 0 Å². The summed E-state index contributed by atoms with van der Waals surface area (Å²) in [6, 6.07) is 3.87. The fourth-order valence-corrected chi connectivity index (χ4v) is 2.12. The molecule has 0 aliphatic heterocycles. The summed E-state index contributed by atoms with van der Waals surface area (Å²) in [5, 5.41) is 9.86. The maximum Gasteiger partial charge on any atom is 0.109 e. The number of aliphatic hydroxyl groups excluding tert-OH is 1. The highest BCUT2D eigenvalue weighted by Crippen LogP contribution is 2.31. The monoisotopic (exact) mass is 180 g/mol. The molecule has 1 heterocycles. The molecular weight excluding hydrogens is 164 g/mol. The zero-order valence-corrected chi connectivity index (χ0v) is 7.78. The second-order valence-corrected chi connectivity index (χ2v) is 3.83. The van der Waals surface area contributed by atoms with E-state index in [2.05, 4.69) is 0 Å². The molecule has 0 saturated heterocycles. The Morgan fingerprint density at radius 3 is 2.85 bits per heavy atom. The van der Waals surface area contributed by atoms with Crippen LogP contribution in [0.3, 0.4) is 0 Å². The Bertz CT molecular complexity index is 241. The van der Waals surface area contributed by atoms with Crippen molar-refractivity contribution < 1.29 is 9.52 Å². The maximum atomic E-state index is 9.86. The van der Waals surface area contributed by atoms with Gasteiger partial charge in [0.25, 0.3) is 0 Å². The van der Waals surface area contributed by atoms with E-state index in [1.807, 2.05) is 12.1 Å². The molecule has 2 rings (SSSR count). The molecule has 2 atom stereocenters. The van der Waals surface area contributed by atoms with E-state index in [0.717, 1.165) is 25.0 Å². The number of hydrogen-bond donors (Lipinski definition) is 1. The summed E-state index contributed by atoms with van der Waals surface area (Å²) in [4.78, 5) is 0. The van der Waals surface area contributed by atoms with Crippen LogP contribution in [0, 0.1) is 0 Å². The maximum absolute atomic E-state index is 9.86. The highest BCUT2D eigenvalue weighted by atomic mass is 16.3. The Balaban J connectivity index is 2.11. The van der Waals surface area contributed by atoms with Crippen molar-refractivity contribution in [3.63, 3.8) is 0 Å². The van der Waals surface area contributed by atoms with Crippen LogP contribution >= 0.6 is 0 Å². The third-order valence-corrected chi connectivity index (χ3v) is 2.89. The molecule has 0 amide bonds. The van der Waals surface area contributed by atoms with E-state index in [9.17, 15) is 5.11 Å². The Hall–Kier alpha value is -0.760. The Kier molecular flexibility index (Phi) is 2.69. The standard InChI is InChI=1S/C11H16O2/c12-10-6-3-1-2-5-9(10)11-7-4-8-13-11/h4,7-10,12H,1-3,5-6H2/t9-,10-/m1/s1. The molecule has 2 nitrogen and oxygen atoms in total. The first-order valence-corrected chi connectivity index (χ1v) is 5.09. The van der Waals surface area contributed by atoms with E-state index < -0.39 is 0 Å². The number of hydrogen-bond acceptors (Lipinski definition) is 2. The summed E-state index contributed by atoms with van der Waals surface area (Å²) in [6.45, 7) is 0. The van der Waals surface area contributed by atoms with Gasteiger partial charge in [-0.05, 0) is 25.0 Å². The van der Waals surface area contributed by atoms with E-state index in [0.29, 0.717) is 0 Å². The Morgan fingerprint density at radius 2 is 2.08 bits per heavy atom. The third kappa shape index (κ3) is 1.94. The molecule has 1 fully saturated rings. The highest BCUT2D eigenvalue weighted by molar-refractivity contribution is 5.07. The van der Waals surface area contributed by atoms with Gasteiger partial charge in [-0.15, -0.1) is 0 Å². The smallest absolute Gasteiger partial charge is 0.109 e. The van der Waals surface area contributed by atoms with Crippen LogP contribution < -0.4 is 0 Å². The summed E-state index contributed by atoms with van der Waals surface area (Å²) >= 11 is 0. The Morgan fingerprint density at radius 1 is 1.23 bits per heavy atom. The van der Waals surface area contributed by atoms with Crippen molar-refractivity contribution in [1.29, 1.82) is 0 Å². The van der Waals surface area contributed by atoms with Crippen LogP contribution in [0.4, 0.5) is 0 Å². The van der Waals surface area contributed by atoms with Crippen molar-refractivity contribution >= 4 is 0 Å². The number of aliphatic hydroxyl groups is 1. The molecule has 1 aromatic rings. The average Bonchev–Trinajstić information content (AvgIpc) is 2.56. The minimum Gasteiger partial charge on any atom is -0.469 e. The van der Waals surface area contributed by atoms with E-state index in [1.54, 1.807) is 6.26 Å². The summed E-state index contributed by atoms with van der Waals surface area (Å²) in [5.74, 6) is 1.19. The van der Waals surface area contributed by atoms with Gasteiger partial charge in [-0.1, -0.05) is 19.3 Å². The minimum absolute atomic E-state index is 0.200. The molecule has 1 aromatic heterocycles. The van der Waals surface area contributed by atoms with Crippen LogP contribution in [0.2, 0.25) is 0 Å². The van der Waals surface area contributed by atoms with E-state index in [1.165, 1.54) is 12.8 Å². The number of rotatable bonds is 1. The average molecular weight is 180 g/mol. The normalized spacial score (nSPS) is 29.9. The predicted octanol–water partition coefficient (Wildman–Crippen LogP) is 2.69. The van der Waals surface area contributed by atoms with Crippen molar-refractivity contribution in [2.45, 2.75) is 44.1 Å². The summed E-state index contributed by atoms with van der Waals surface area (Å²) in [6.07, 6.45) is 7.08. The van der Waals surface area contributed by atoms with E-state index in [4.69, 9.17) is 4.42 Å². The molecule has 1 aliphatic carbocycles. The van der Waals surface area contributed by atoms with Gasteiger partial charge in [0.2, 0.25) is 0 Å². The topological polar surface area (TPSA) is 33.4 Å². The molecule has 0 radical (unpaired) electrons. The minimum atomic E-state index is -0.200. The zero-order valence-electron chi connectivity index (χ0n) is 7.78. The van der Waals surface area contributed by atoms with Gasteiger partial charge < -0.3 is 9.52 Å². The second kappa shape index (κ2) is 3.97.